The summed E-state index contributed by atoms with van der Waals surface area (Å²) in [5, 5.41) is 121. The molecular formula is C27H48O20. The minimum absolute atomic E-state index is 0.563. The third kappa shape index (κ3) is 8.24. The second kappa shape index (κ2) is 16.9. The van der Waals surface area contributed by atoms with Gasteiger partial charge in [0.25, 0.3) is 0 Å². The van der Waals surface area contributed by atoms with Gasteiger partial charge in [-0.05, 0) is 0 Å². The van der Waals surface area contributed by atoms with Gasteiger partial charge in [0.1, 0.15) is 73.2 Å². The summed E-state index contributed by atoms with van der Waals surface area (Å²) >= 11 is 0. The molecule has 4 heterocycles. The van der Waals surface area contributed by atoms with Crippen LogP contribution in [0.1, 0.15) is 13.8 Å². The molecule has 20 heteroatoms. The van der Waals surface area contributed by atoms with Crippen molar-refractivity contribution in [3.05, 3.63) is 0 Å². The van der Waals surface area contributed by atoms with Crippen LogP contribution in [0.25, 0.3) is 0 Å². The quantitative estimate of drug-likeness (QED) is 0.0845. The lowest BCUT2D eigenvalue weighted by atomic mass is 9.91. The molecule has 0 bridgehead atoms. The molecule has 0 amide bonds. The van der Waals surface area contributed by atoms with Crippen LogP contribution in [0.15, 0.2) is 0 Å². The molecule has 0 radical (unpaired) electrons. The van der Waals surface area contributed by atoms with Crippen molar-refractivity contribution in [3.8, 4) is 0 Å². The topological polar surface area (TPSA) is 317 Å². The van der Waals surface area contributed by atoms with Crippen LogP contribution >= 0.6 is 0 Å². The van der Waals surface area contributed by atoms with Crippen LogP contribution in [-0.2, 0) is 37.9 Å². The fourth-order valence-corrected chi connectivity index (χ4v) is 6.04. The molecule has 47 heavy (non-hydrogen) atoms. The van der Waals surface area contributed by atoms with Crippen molar-refractivity contribution in [1.82, 2.24) is 0 Å². The number of aliphatic hydroxyl groups excluding tert-OH is 12. The van der Waals surface area contributed by atoms with Gasteiger partial charge in [-0.25, -0.2) is 0 Å². The maximum atomic E-state index is 10.8. The summed E-state index contributed by atoms with van der Waals surface area (Å²) in [6.45, 7) is -0.257. The molecule has 20 nitrogen and oxygen atoms in total. The monoisotopic (exact) mass is 692 g/mol. The first-order chi connectivity index (χ1) is 22.3. The van der Waals surface area contributed by atoms with Crippen molar-refractivity contribution in [3.63, 3.8) is 0 Å². The fourth-order valence-electron chi connectivity index (χ4n) is 6.04. The van der Waals surface area contributed by atoms with Crippen molar-refractivity contribution in [2.75, 3.05) is 33.2 Å². The Kier molecular flexibility index (Phi) is 14.1. The molecule has 4 rings (SSSR count). The molecule has 8 unspecified atom stereocenters. The number of hydrogen-bond donors (Lipinski definition) is 12. The summed E-state index contributed by atoms with van der Waals surface area (Å²) in [4.78, 5) is 0. The molecular weight excluding hydrogens is 644 g/mol. The third-order valence-electron chi connectivity index (χ3n) is 9.05. The predicted octanol–water partition coefficient (Wildman–Crippen LogP) is -7.22. The minimum Gasteiger partial charge on any atom is -0.394 e. The summed E-state index contributed by atoms with van der Waals surface area (Å²) in [6.07, 6.45) is -26.4. The number of rotatable bonds is 12. The van der Waals surface area contributed by atoms with Crippen molar-refractivity contribution < 1.29 is 99.2 Å². The standard InChI is InChI=1S/C27H48O20/c1-8-22(46-26-20(38)18(36)14(32)10(3-28)44-26)16(34)12(5-30)42-24(8)40-7-41-25-9(2)23(17(35)13(6-31)43-25)47-27-21(39)19(37)15(33)11(4-29)45-27/h8-39H,3-7H2,1-2H3/t8?,9?,10?,11?,12?,13?,14-,15-,16-,17-,18-,19-,20?,21?,22+,23+,24+,25+,26-,27-/m0/s1. The largest absolute Gasteiger partial charge is 0.394 e. The zero-order valence-corrected chi connectivity index (χ0v) is 25.7. The third-order valence-corrected chi connectivity index (χ3v) is 9.05. The first-order valence-electron chi connectivity index (χ1n) is 15.3. The van der Waals surface area contributed by atoms with Crippen molar-refractivity contribution in [2.24, 2.45) is 11.8 Å². The van der Waals surface area contributed by atoms with Crippen molar-refractivity contribution >= 4 is 0 Å². The maximum absolute atomic E-state index is 10.8. The van der Waals surface area contributed by atoms with Gasteiger partial charge in [-0.2, -0.15) is 0 Å². The van der Waals surface area contributed by atoms with Gasteiger partial charge in [0.05, 0.1) is 38.6 Å². The van der Waals surface area contributed by atoms with Gasteiger partial charge >= 0.3 is 0 Å². The average Bonchev–Trinajstić information content (AvgIpc) is 3.06. The molecule has 4 fully saturated rings. The van der Waals surface area contributed by atoms with E-state index < -0.39 is 156 Å². The van der Waals surface area contributed by atoms with Gasteiger partial charge in [0.15, 0.2) is 32.0 Å². The zero-order valence-electron chi connectivity index (χ0n) is 25.7. The Labute approximate surface area is 269 Å². The maximum Gasteiger partial charge on any atom is 0.187 e. The summed E-state index contributed by atoms with van der Waals surface area (Å²) in [5.74, 6) is -1.69. The molecule has 20 atom stereocenters. The Bertz CT molecular complexity index is 874. The van der Waals surface area contributed by atoms with E-state index in [2.05, 4.69) is 0 Å². The van der Waals surface area contributed by atoms with Gasteiger partial charge in [-0.3, -0.25) is 0 Å². The van der Waals surface area contributed by atoms with Crippen LogP contribution in [0, 0.1) is 11.8 Å². The lowest BCUT2D eigenvalue weighted by Crippen LogP contribution is -2.63. The predicted molar refractivity (Wildman–Crippen MR) is 146 cm³/mol. The van der Waals surface area contributed by atoms with E-state index >= 15 is 0 Å². The minimum atomic E-state index is -1.76. The Balaban J connectivity index is 1.40. The van der Waals surface area contributed by atoms with Gasteiger partial charge in [0, 0.05) is 11.8 Å². The van der Waals surface area contributed by atoms with E-state index in [1.54, 1.807) is 13.8 Å². The fraction of sp³-hybridized carbons (Fsp3) is 1.00. The molecule has 0 aromatic rings. The molecule has 0 aromatic carbocycles. The van der Waals surface area contributed by atoms with Crippen LogP contribution in [0.5, 0.6) is 0 Å². The summed E-state index contributed by atoms with van der Waals surface area (Å²) in [6, 6.07) is 0. The first kappa shape index (κ1) is 39.0. The lowest BCUT2D eigenvalue weighted by Gasteiger charge is -2.47. The number of hydrogen-bond acceptors (Lipinski definition) is 20. The summed E-state index contributed by atoms with van der Waals surface area (Å²) in [5.41, 5.74) is 0. The average molecular weight is 693 g/mol. The lowest BCUT2D eigenvalue weighted by molar-refractivity contribution is -0.373. The SMILES string of the molecule is CC1[C@H](OCO[C@@H]2OC(CO)[C@H](O)[C@H](O[C@@H]3OC(CO)[C@H](O)[C@H](O)C3O)C2C)OC(CO)[C@H](O)[C@@H]1O[C@@H]1OC(CO)[C@H](O)[C@H](O)C1O. The highest BCUT2D eigenvalue weighted by Crippen LogP contribution is 2.35. The molecule has 0 aromatic heterocycles. The summed E-state index contributed by atoms with van der Waals surface area (Å²) < 4.78 is 45.1. The van der Waals surface area contributed by atoms with Crippen molar-refractivity contribution in [1.29, 1.82) is 0 Å². The Morgan fingerprint density at radius 1 is 0.404 bits per heavy atom. The van der Waals surface area contributed by atoms with E-state index in [0.717, 1.165) is 0 Å². The van der Waals surface area contributed by atoms with Crippen LogP contribution in [0.3, 0.4) is 0 Å². The van der Waals surface area contributed by atoms with E-state index in [1.807, 2.05) is 0 Å². The smallest absolute Gasteiger partial charge is 0.187 e. The van der Waals surface area contributed by atoms with E-state index in [9.17, 15) is 61.3 Å². The highest BCUT2D eigenvalue weighted by molar-refractivity contribution is 4.94. The van der Waals surface area contributed by atoms with E-state index in [1.165, 1.54) is 0 Å². The Morgan fingerprint density at radius 2 is 0.702 bits per heavy atom. The summed E-state index contributed by atoms with van der Waals surface area (Å²) in [7, 11) is 0. The van der Waals surface area contributed by atoms with Crippen LogP contribution in [-0.4, -0.2) is 205 Å². The van der Waals surface area contributed by atoms with E-state index in [4.69, 9.17) is 37.9 Å². The van der Waals surface area contributed by atoms with Crippen molar-refractivity contribution in [2.45, 2.75) is 124 Å². The van der Waals surface area contributed by atoms with Crippen LogP contribution in [0.4, 0.5) is 0 Å². The number of aliphatic hydroxyl groups is 12. The van der Waals surface area contributed by atoms with Gasteiger partial charge in [0.2, 0.25) is 0 Å². The van der Waals surface area contributed by atoms with Gasteiger partial charge in [-0.15, -0.1) is 0 Å². The highest BCUT2D eigenvalue weighted by atomic mass is 16.8. The molecule has 0 spiro atoms. The normalized spacial score (nSPS) is 51.2. The molecule has 4 aliphatic rings. The molecule has 4 aliphatic heterocycles. The first-order valence-corrected chi connectivity index (χ1v) is 15.3. The molecule has 276 valence electrons. The Morgan fingerprint density at radius 3 is 1.02 bits per heavy atom. The number of ether oxygens (including phenoxy) is 8. The van der Waals surface area contributed by atoms with Crippen LogP contribution in [0.2, 0.25) is 0 Å². The second-order valence-corrected chi connectivity index (χ2v) is 12.2. The Hall–Kier alpha value is -0.800. The molecule has 12 N–H and O–H groups in total. The molecule has 0 saturated carbocycles. The van der Waals surface area contributed by atoms with Gasteiger partial charge in [-0.1, -0.05) is 13.8 Å². The van der Waals surface area contributed by atoms with E-state index in [-0.39, 0.29) is 0 Å². The zero-order chi connectivity index (χ0) is 34.7. The van der Waals surface area contributed by atoms with E-state index in [0.29, 0.717) is 0 Å². The van der Waals surface area contributed by atoms with Gasteiger partial charge < -0.3 is 99.2 Å². The second-order valence-electron chi connectivity index (χ2n) is 12.2. The van der Waals surface area contributed by atoms with Crippen LogP contribution < -0.4 is 0 Å². The molecule has 0 aliphatic carbocycles. The molecule has 4 saturated heterocycles. The highest BCUT2D eigenvalue weighted by Gasteiger charge is 2.52.